The van der Waals surface area contributed by atoms with Crippen LogP contribution in [0.1, 0.15) is 17.7 Å². The third-order valence-corrected chi connectivity index (χ3v) is 4.34. The van der Waals surface area contributed by atoms with Crippen molar-refractivity contribution in [2.45, 2.75) is 19.8 Å². The van der Waals surface area contributed by atoms with Crippen LogP contribution in [0.25, 0.3) is 10.9 Å². The molecule has 120 valence electrons. The minimum absolute atomic E-state index is 0.332. The smallest absolute Gasteiger partial charge is 0.410 e. The Morgan fingerprint density at radius 1 is 1.12 bits per heavy atom. The second kappa shape index (κ2) is 5.96. The predicted octanol–water partition coefficient (Wildman–Crippen LogP) is 4.49. The summed E-state index contributed by atoms with van der Waals surface area (Å²) in [5, 5.41) is 0.963. The molecule has 3 aromatic rings. The molecule has 2 heterocycles. The van der Waals surface area contributed by atoms with E-state index in [1.165, 1.54) is 5.56 Å². The fourth-order valence-electron chi connectivity index (χ4n) is 3.15. The Labute approximate surface area is 140 Å². The highest BCUT2D eigenvalue weighted by atomic mass is 16.6. The molecule has 1 amide bonds. The maximum absolute atomic E-state index is 12.6. The highest BCUT2D eigenvalue weighted by molar-refractivity contribution is 5.91. The van der Waals surface area contributed by atoms with Crippen LogP contribution in [-0.4, -0.2) is 17.6 Å². The molecule has 4 heteroatoms. The number of hydrogen-bond donors (Lipinski definition) is 0. The van der Waals surface area contributed by atoms with Gasteiger partial charge in [-0.1, -0.05) is 24.3 Å². The number of hydrogen-bond acceptors (Lipinski definition) is 3. The van der Waals surface area contributed by atoms with Crippen molar-refractivity contribution in [3.8, 4) is 5.75 Å². The molecule has 1 aliphatic rings. The first-order valence-corrected chi connectivity index (χ1v) is 8.15. The van der Waals surface area contributed by atoms with E-state index in [0.29, 0.717) is 12.3 Å². The predicted molar refractivity (Wildman–Crippen MR) is 94.6 cm³/mol. The van der Waals surface area contributed by atoms with Gasteiger partial charge in [0.1, 0.15) is 5.75 Å². The molecule has 0 saturated heterocycles. The van der Waals surface area contributed by atoms with Crippen molar-refractivity contribution in [1.82, 2.24) is 4.98 Å². The van der Waals surface area contributed by atoms with Crippen LogP contribution in [0, 0.1) is 6.92 Å². The Hall–Kier alpha value is -2.88. The van der Waals surface area contributed by atoms with Crippen molar-refractivity contribution in [2.24, 2.45) is 0 Å². The number of aromatic nitrogens is 1. The van der Waals surface area contributed by atoms with Gasteiger partial charge in [-0.15, -0.1) is 0 Å². The van der Waals surface area contributed by atoms with E-state index in [0.717, 1.165) is 35.1 Å². The van der Waals surface area contributed by atoms with E-state index < -0.39 is 0 Å². The number of benzene rings is 2. The number of nitrogens with zero attached hydrogens (tertiary/aromatic N) is 2. The first kappa shape index (κ1) is 14.7. The van der Waals surface area contributed by atoms with Gasteiger partial charge in [0.05, 0.1) is 11.2 Å². The molecular formula is C20H18N2O2. The number of para-hydroxylation sites is 1. The summed E-state index contributed by atoms with van der Waals surface area (Å²) in [5.41, 5.74) is 4.01. The van der Waals surface area contributed by atoms with E-state index in [2.05, 4.69) is 11.1 Å². The minimum atomic E-state index is -0.332. The molecule has 4 nitrogen and oxygen atoms in total. The maximum atomic E-state index is 12.6. The van der Waals surface area contributed by atoms with E-state index in [-0.39, 0.29) is 6.09 Å². The van der Waals surface area contributed by atoms with Gasteiger partial charge in [0.25, 0.3) is 0 Å². The number of amides is 1. The van der Waals surface area contributed by atoms with Crippen LogP contribution in [0.3, 0.4) is 0 Å². The lowest BCUT2D eigenvalue weighted by Crippen LogP contribution is -2.37. The summed E-state index contributed by atoms with van der Waals surface area (Å²) >= 11 is 0. The number of ether oxygens (including phenoxy) is 1. The van der Waals surface area contributed by atoms with Gasteiger partial charge in [-0.05, 0) is 55.7 Å². The molecule has 4 rings (SSSR count). The quantitative estimate of drug-likeness (QED) is 0.663. The van der Waals surface area contributed by atoms with Crippen LogP contribution < -0.4 is 9.64 Å². The summed E-state index contributed by atoms with van der Waals surface area (Å²) in [7, 11) is 0. The second-order valence-corrected chi connectivity index (χ2v) is 6.06. The van der Waals surface area contributed by atoms with Gasteiger partial charge in [0.2, 0.25) is 0 Å². The summed E-state index contributed by atoms with van der Waals surface area (Å²) in [6, 6.07) is 17.5. The lowest BCUT2D eigenvalue weighted by molar-refractivity contribution is 0.207. The minimum Gasteiger partial charge on any atom is -0.410 e. The van der Waals surface area contributed by atoms with Crippen LogP contribution in [-0.2, 0) is 6.42 Å². The van der Waals surface area contributed by atoms with E-state index in [1.54, 1.807) is 11.0 Å². The average Bonchev–Trinajstić information content (AvgIpc) is 2.61. The molecule has 0 radical (unpaired) electrons. The van der Waals surface area contributed by atoms with Crippen molar-refractivity contribution in [1.29, 1.82) is 0 Å². The Morgan fingerprint density at radius 3 is 2.92 bits per heavy atom. The van der Waals surface area contributed by atoms with Crippen molar-refractivity contribution in [2.75, 3.05) is 11.4 Å². The Morgan fingerprint density at radius 2 is 2.00 bits per heavy atom. The Kier molecular flexibility index (Phi) is 3.65. The van der Waals surface area contributed by atoms with Crippen molar-refractivity contribution in [3.63, 3.8) is 0 Å². The van der Waals surface area contributed by atoms with E-state index in [9.17, 15) is 4.79 Å². The number of fused-ring (bicyclic) bond motifs is 2. The zero-order valence-electron chi connectivity index (χ0n) is 13.5. The highest BCUT2D eigenvalue weighted by Gasteiger charge is 2.23. The molecule has 0 bridgehead atoms. The zero-order chi connectivity index (χ0) is 16.5. The average molecular weight is 318 g/mol. The molecule has 1 aromatic heterocycles. The largest absolute Gasteiger partial charge is 0.419 e. The van der Waals surface area contributed by atoms with Crippen LogP contribution in [0.5, 0.6) is 5.75 Å². The molecule has 0 spiro atoms. The summed E-state index contributed by atoms with van der Waals surface area (Å²) in [6.45, 7) is 2.64. The normalized spacial score (nSPS) is 13.6. The van der Waals surface area contributed by atoms with E-state index in [1.807, 2.05) is 49.4 Å². The van der Waals surface area contributed by atoms with E-state index in [4.69, 9.17) is 4.74 Å². The zero-order valence-corrected chi connectivity index (χ0v) is 13.5. The van der Waals surface area contributed by atoms with Crippen molar-refractivity contribution >= 4 is 22.7 Å². The number of carbonyl (C=O) groups excluding carboxylic acids is 1. The number of anilines is 1. The van der Waals surface area contributed by atoms with Crippen molar-refractivity contribution < 1.29 is 9.53 Å². The van der Waals surface area contributed by atoms with Gasteiger partial charge in [-0.2, -0.15) is 0 Å². The second-order valence-electron chi connectivity index (χ2n) is 6.06. The van der Waals surface area contributed by atoms with Crippen LogP contribution in [0.2, 0.25) is 0 Å². The lowest BCUT2D eigenvalue weighted by Gasteiger charge is -2.28. The first-order valence-electron chi connectivity index (χ1n) is 8.15. The molecule has 24 heavy (non-hydrogen) atoms. The Balaban J connectivity index is 1.60. The fourth-order valence-corrected chi connectivity index (χ4v) is 3.15. The third-order valence-electron chi connectivity index (χ3n) is 4.34. The highest BCUT2D eigenvalue weighted by Crippen LogP contribution is 2.28. The molecule has 1 aliphatic heterocycles. The molecule has 0 atom stereocenters. The first-order chi connectivity index (χ1) is 11.7. The number of pyridine rings is 1. The summed E-state index contributed by atoms with van der Waals surface area (Å²) in [5.74, 6) is 0.543. The van der Waals surface area contributed by atoms with E-state index >= 15 is 0 Å². The van der Waals surface area contributed by atoms with Gasteiger partial charge >= 0.3 is 6.09 Å². The summed E-state index contributed by atoms with van der Waals surface area (Å²) in [4.78, 5) is 18.8. The summed E-state index contributed by atoms with van der Waals surface area (Å²) < 4.78 is 5.61. The molecule has 0 unspecified atom stereocenters. The number of aryl methyl sites for hydroxylation is 2. The van der Waals surface area contributed by atoms with Gasteiger partial charge in [-0.3, -0.25) is 9.88 Å². The van der Waals surface area contributed by atoms with Crippen molar-refractivity contribution in [3.05, 3.63) is 65.9 Å². The third kappa shape index (κ3) is 2.71. The maximum Gasteiger partial charge on any atom is 0.419 e. The van der Waals surface area contributed by atoms with Gasteiger partial charge in [0.15, 0.2) is 0 Å². The molecule has 0 N–H and O–H groups in total. The van der Waals surface area contributed by atoms with Gasteiger partial charge in [0, 0.05) is 17.6 Å². The monoisotopic (exact) mass is 318 g/mol. The fraction of sp³-hybridized carbons (Fsp3) is 0.200. The molecule has 0 saturated carbocycles. The molecule has 2 aromatic carbocycles. The Bertz CT molecular complexity index is 920. The molecule has 0 fully saturated rings. The van der Waals surface area contributed by atoms with Gasteiger partial charge in [-0.25, -0.2) is 4.79 Å². The topological polar surface area (TPSA) is 42.4 Å². The molecule has 0 aliphatic carbocycles. The SMILES string of the molecule is Cc1ccc2cc(OC(=O)N3CCCc4ccccc43)ccc2n1. The number of carbonyl (C=O) groups is 1. The lowest BCUT2D eigenvalue weighted by atomic mass is 10.0. The summed E-state index contributed by atoms with van der Waals surface area (Å²) in [6.07, 6.45) is 1.62. The van der Waals surface area contributed by atoms with Gasteiger partial charge < -0.3 is 4.74 Å². The van der Waals surface area contributed by atoms with Crippen LogP contribution in [0.4, 0.5) is 10.5 Å². The standard InChI is InChI=1S/C20H18N2O2/c1-14-8-9-16-13-17(10-11-18(16)21-14)24-20(23)22-12-4-6-15-5-2-3-7-19(15)22/h2-3,5,7-11,13H,4,6,12H2,1H3. The molecular weight excluding hydrogens is 300 g/mol. The van der Waals surface area contributed by atoms with Crippen LogP contribution >= 0.6 is 0 Å². The van der Waals surface area contributed by atoms with Crippen LogP contribution in [0.15, 0.2) is 54.6 Å². The number of rotatable bonds is 1.